The van der Waals surface area contributed by atoms with Crippen molar-refractivity contribution in [3.63, 3.8) is 0 Å². The first kappa shape index (κ1) is 12.0. The van der Waals surface area contributed by atoms with Crippen molar-refractivity contribution in [1.29, 1.82) is 0 Å². The van der Waals surface area contributed by atoms with E-state index in [2.05, 4.69) is 19.2 Å². The van der Waals surface area contributed by atoms with E-state index in [1.165, 1.54) is 12.1 Å². The van der Waals surface area contributed by atoms with Crippen LogP contribution in [0.25, 0.3) is 0 Å². The molecule has 0 aromatic heterocycles. The first-order valence-corrected chi connectivity index (χ1v) is 5.24. The van der Waals surface area contributed by atoms with Gasteiger partial charge in [0.15, 0.2) is 0 Å². The topological polar surface area (TPSA) is 12.0 Å². The Morgan fingerprint density at radius 2 is 1.93 bits per heavy atom. The van der Waals surface area contributed by atoms with Gasteiger partial charge in [0.25, 0.3) is 0 Å². The second-order valence-electron chi connectivity index (χ2n) is 3.98. The Morgan fingerprint density at radius 1 is 1.27 bits per heavy atom. The van der Waals surface area contributed by atoms with E-state index in [9.17, 15) is 8.78 Å². The molecule has 1 aromatic carbocycles. The van der Waals surface area contributed by atoms with Gasteiger partial charge in [-0.25, -0.2) is 8.78 Å². The number of hydrogen-bond acceptors (Lipinski definition) is 1. The number of rotatable bonds is 4. The summed E-state index contributed by atoms with van der Waals surface area (Å²) in [4.78, 5) is 0. The molecule has 0 aliphatic carbocycles. The summed E-state index contributed by atoms with van der Waals surface area (Å²) in [7, 11) is 0. The fraction of sp³-hybridized carbons (Fsp3) is 0.500. The molecule has 0 fully saturated rings. The molecule has 0 saturated carbocycles. The number of hydrogen-bond donors (Lipinski definition) is 1. The first-order valence-electron chi connectivity index (χ1n) is 5.24. The van der Waals surface area contributed by atoms with Gasteiger partial charge in [-0.2, -0.15) is 0 Å². The summed E-state index contributed by atoms with van der Waals surface area (Å²) in [5.41, 5.74) is 0.583. The summed E-state index contributed by atoms with van der Waals surface area (Å²) < 4.78 is 26.5. The van der Waals surface area contributed by atoms with Crippen LogP contribution in [0.3, 0.4) is 0 Å². The largest absolute Gasteiger partial charge is 0.382 e. The maximum atomic E-state index is 13.4. The number of benzene rings is 1. The molecule has 1 N–H and O–H groups in total. The van der Waals surface area contributed by atoms with Crippen LogP contribution >= 0.6 is 0 Å². The standard InChI is InChI=1S/C12H17F2N/c1-4-8(2)7-15-12-6-10(13)9(3)5-11(12)14/h5-6,8,15H,4,7H2,1-3H3. The van der Waals surface area contributed by atoms with Crippen molar-refractivity contribution in [3.05, 3.63) is 29.3 Å². The summed E-state index contributed by atoms with van der Waals surface area (Å²) >= 11 is 0. The van der Waals surface area contributed by atoms with Gasteiger partial charge in [-0.3, -0.25) is 0 Å². The van der Waals surface area contributed by atoms with E-state index < -0.39 is 5.82 Å². The predicted molar refractivity (Wildman–Crippen MR) is 59.0 cm³/mol. The second kappa shape index (κ2) is 5.10. The van der Waals surface area contributed by atoms with E-state index >= 15 is 0 Å². The zero-order valence-electron chi connectivity index (χ0n) is 9.40. The van der Waals surface area contributed by atoms with Gasteiger partial charge in [-0.05, 0) is 24.5 Å². The molecule has 1 rings (SSSR count). The number of halogens is 2. The van der Waals surface area contributed by atoms with Crippen LogP contribution in [0.2, 0.25) is 0 Å². The fourth-order valence-corrected chi connectivity index (χ4v) is 1.21. The maximum Gasteiger partial charge on any atom is 0.146 e. The Bertz CT molecular complexity index is 337. The van der Waals surface area contributed by atoms with Crippen molar-refractivity contribution in [2.24, 2.45) is 5.92 Å². The van der Waals surface area contributed by atoms with E-state index in [4.69, 9.17) is 0 Å². The van der Waals surface area contributed by atoms with Crippen molar-refractivity contribution in [2.45, 2.75) is 27.2 Å². The zero-order valence-corrected chi connectivity index (χ0v) is 9.40. The molecule has 3 heteroatoms. The molecule has 1 aromatic rings. The number of anilines is 1. The second-order valence-corrected chi connectivity index (χ2v) is 3.98. The lowest BCUT2D eigenvalue weighted by Crippen LogP contribution is -2.11. The molecule has 1 atom stereocenters. The van der Waals surface area contributed by atoms with Gasteiger partial charge < -0.3 is 5.32 Å². The summed E-state index contributed by atoms with van der Waals surface area (Å²) in [5, 5.41) is 2.92. The summed E-state index contributed by atoms with van der Waals surface area (Å²) in [6, 6.07) is 2.43. The Labute approximate surface area is 89.5 Å². The van der Waals surface area contributed by atoms with E-state index in [0.717, 1.165) is 6.42 Å². The van der Waals surface area contributed by atoms with Crippen molar-refractivity contribution >= 4 is 5.69 Å². The maximum absolute atomic E-state index is 13.4. The van der Waals surface area contributed by atoms with E-state index in [1.54, 1.807) is 6.92 Å². The summed E-state index contributed by atoms with van der Waals surface area (Å²) in [5.74, 6) is -0.311. The lowest BCUT2D eigenvalue weighted by Gasteiger charge is -2.12. The third-order valence-electron chi connectivity index (χ3n) is 2.59. The van der Waals surface area contributed by atoms with Gasteiger partial charge in [0.1, 0.15) is 11.6 Å². The average molecular weight is 213 g/mol. The zero-order chi connectivity index (χ0) is 11.4. The number of nitrogens with one attached hydrogen (secondary N) is 1. The SMILES string of the molecule is CCC(C)CNc1cc(F)c(C)cc1F. The molecule has 0 amide bonds. The Kier molecular flexibility index (Phi) is 4.06. The molecule has 1 nitrogen and oxygen atoms in total. The van der Waals surface area contributed by atoms with Gasteiger partial charge in [-0.15, -0.1) is 0 Å². The lowest BCUT2D eigenvalue weighted by atomic mass is 10.1. The Hall–Kier alpha value is -1.12. The average Bonchev–Trinajstić information content (AvgIpc) is 2.21. The van der Waals surface area contributed by atoms with Crippen LogP contribution in [0.5, 0.6) is 0 Å². The molecule has 1 unspecified atom stereocenters. The Balaban J connectivity index is 2.73. The van der Waals surface area contributed by atoms with Crippen LogP contribution in [-0.4, -0.2) is 6.54 Å². The third-order valence-corrected chi connectivity index (χ3v) is 2.59. The van der Waals surface area contributed by atoms with Crippen LogP contribution in [0.15, 0.2) is 12.1 Å². The molecular formula is C12H17F2N. The highest BCUT2D eigenvalue weighted by molar-refractivity contribution is 5.46. The molecule has 0 aliphatic rings. The van der Waals surface area contributed by atoms with Crippen molar-refractivity contribution in [1.82, 2.24) is 0 Å². The van der Waals surface area contributed by atoms with E-state index in [0.29, 0.717) is 18.0 Å². The quantitative estimate of drug-likeness (QED) is 0.803. The van der Waals surface area contributed by atoms with Gasteiger partial charge >= 0.3 is 0 Å². The van der Waals surface area contributed by atoms with Gasteiger partial charge in [0.05, 0.1) is 5.69 Å². The normalized spacial score (nSPS) is 12.6. The monoisotopic (exact) mass is 213 g/mol. The van der Waals surface area contributed by atoms with Crippen LogP contribution < -0.4 is 5.32 Å². The highest BCUT2D eigenvalue weighted by Crippen LogP contribution is 2.19. The van der Waals surface area contributed by atoms with Crippen molar-refractivity contribution in [2.75, 3.05) is 11.9 Å². The first-order chi connectivity index (χ1) is 7.04. The van der Waals surface area contributed by atoms with E-state index in [1.807, 2.05) is 0 Å². The van der Waals surface area contributed by atoms with Crippen LogP contribution in [-0.2, 0) is 0 Å². The summed E-state index contributed by atoms with van der Waals surface area (Å²) in [6.45, 7) is 6.35. The van der Waals surface area contributed by atoms with Crippen LogP contribution in [0, 0.1) is 24.5 Å². The smallest absolute Gasteiger partial charge is 0.146 e. The molecule has 0 saturated heterocycles. The third kappa shape index (κ3) is 3.18. The van der Waals surface area contributed by atoms with Gasteiger partial charge in [-0.1, -0.05) is 20.3 Å². The predicted octanol–water partition coefficient (Wildman–Crippen LogP) is 3.73. The van der Waals surface area contributed by atoms with Crippen LogP contribution in [0.4, 0.5) is 14.5 Å². The van der Waals surface area contributed by atoms with Crippen molar-refractivity contribution in [3.8, 4) is 0 Å². The molecule has 15 heavy (non-hydrogen) atoms. The minimum atomic E-state index is -0.391. The van der Waals surface area contributed by atoms with Gasteiger partial charge in [0, 0.05) is 12.6 Å². The summed E-state index contributed by atoms with van der Waals surface area (Å²) in [6.07, 6.45) is 1.02. The molecular weight excluding hydrogens is 196 g/mol. The Morgan fingerprint density at radius 3 is 2.53 bits per heavy atom. The molecule has 0 heterocycles. The van der Waals surface area contributed by atoms with Gasteiger partial charge in [0.2, 0.25) is 0 Å². The minimum absolute atomic E-state index is 0.249. The molecule has 0 bridgehead atoms. The molecule has 84 valence electrons. The fourth-order valence-electron chi connectivity index (χ4n) is 1.21. The molecule has 0 spiro atoms. The highest BCUT2D eigenvalue weighted by Gasteiger charge is 2.07. The lowest BCUT2D eigenvalue weighted by molar-refractivity contribution is 0.577. The number of aryl methyl sites for hydroxylation is 1. The molecule has 0 radical (unpaired) electrons. The van der Waals surface area contributed by atoms with E-state index in [-0.39, 0.29) is 11.5 Å². The highest BCUT2D eigenvalue weighted by atomic mass is 19.1. The minimum Gasteiger partial charge on any atom is -0.382 e. The van der Waals surface area contributed by atoms with Crippen LogP contribution in [0.1, 0.15) is 25.8 Å². The molecule has 0 aliphatic heterocycles. The van der Waals surface area contributed by atoms with Crippen molar-refractivity contribution < 1.29 is 8.78 Å².